The van der Waals surface area contributed by atoms with E-state index in [1.54, 1.807) is 13.8 Å². The molecular formula is C11H20NO3. The summed E-state index contributed by atoms with van der Waals surface area (Å²) in [6.45, 7) is 5.64. The van der Waals surface area contributed by atoms with Gasteiger partial charge in [0.25, 0.3) is 0 Å². The fourth-order valence-corrected chi connectivity index (χ4v) is 1.03. The van der Waals surface area contributed by atoms with E-state index in [2.05, 4.69) is 6.92 Å². The molecule has 4 heteroatoms. The monoisotopic (exact) mass is 214 g/mol. The Labute approximate surface area is 91.2 Å². The number of hydrogen-bond acceptors (Lipinski definition) is 3. The molecule has 0 aromatic carbocycles. The summed E-state index contributed by atoms with van der Waals surface area (Å²) in [5.41, 5.74) is 6.04. The predicted molar refractivity (Wildman–Crippen MR) is 57.0 cm³/mol. The first kappa shape index (κ1) is 13.9. The fraction of sp³-hybridized carbons (Fsp3) is 0.818. The largest absolute Gasteiger partial charge is 0.466 e. The Balaban J connectivity index is 3.79. The van der Waals surface area contributed by atoms with Crippen molar-refractivity contribution in [3.05, 3.63) is 0 Å². The molecule has 0 heterocycles. The molecule has 0 unspecified atom stereocenters. The third-order valence-corrected chi connectivity index (χ3v) is 2.21. The minimum atomic E-state index is -0.929. The third-order valence-electron chi connectivity index (χ3n) is 2.21. The normalized spacial score (nSPS) is 11.1. The molecule has 15 heavy (non-hydrogen) atoms. The lowest BCUT2D eigenvalue weighted by molar-refractivity contribution is -0.149. The molecule has 87 valence electrons. The Morgan fingerprint density at radius 1 is 1.27 bits per heavy atom. The van der Waals surface area contributed by atoms with Gasteiger partial charge < -0.3 is 4.74 Å². The fourth-order valence-electron chi connectivity index (χ4n) is 1.03. The highest BCUT2D eigenvalue weighted by molar-refractivity contribution is 5.84. The molecule has 1 radical (unpaired) electrons. The number of rotatable bonds is 7. The van der Waals surface area contributed by atoms with Crippen molar-refractivity contribution in [1.82, 2.24) is 5.73 Å². The first-order valence-electron chi connectivity index (χ1n) is 5.32. The van der Waals surface area contributed by atoms with E-state index in [0.29, 0.717) is 6.61 Å². The minimum Gasteiger partial charge on any atom is -0.466 e. The summed E-state index contributed by atoms with van der Waals surface area (Å²) in [6.07, 6.45) is 2.96. The molecule has 0 saturated heterocycles. The summed E-state index contributed by atoms with van der Waals surface area (Å²) in [7, 11) is 0. The smallest absolute Gasteiger partial charge is 0.306 e. The van der Waals surface area contributed by atoms with Crippen LogP contribution in [0.3, 0.4) is 0 Å². The average molecular weight is 214 g/mol. The molecule has 0 aliphatic rings. The number of carbonyl (C=O) groups is 2. The lowest BCUT2D eigenvalue weighted by Gasteiger charge is -2.18. The van der Waals surface area contributed by atoms with Crippen LogP contribution in [0.1, 0.15) is 46.5 Å². The molecule has 0 atom stereocenters. The maximum absolute atomic E-state index is 11.3. The van der Waals surface area contributed by atoms with Gasteiger partial charge in [-0.1, -0.05) is 33.6 Å². The molecule has 0 saturated carbocycles. The lowest BCUT2D eigenvalue weighted by Crippen LogP contribution is -2.29. The van der Waals surface area contributed by atoms with Gasteiger partial charge in [-0.15, -0.1) is 0 Å². The average Bonchev–Trinajstić information content (AvgIpc) is 2.11. The number of carbonyl (C=O) groups excluding carboxylic acids is 2. The van der Waals surface area contributed by atoms with Crippen molar-refractivity contribution in [2.45, 2.75) is 46.5 Å². The molecule has 0 aromatic heterocycles. The van der Waals surface area contributed by atoms with E-state index in [4.69, 9.17) is 10.5 Å². The summed E-state index contributed by atoms with van der Waals surface area (Å²) >= 11 is 0. The zero-order valence-electron chi connectivity index (χ0n) is 9.76. The van der Waals surface area contributed by atoms with Crippen molar-refractivity contribution in [3.8, 4) is 0 Å². The van der Waals surface area contributed by atoms with E-state index in [-0.39, 0.29) is 6.42 Å². The second-order valence-corrected chi connectivity index (χ2v) is 4.32. The number of ether oxygens (including phenoxy) is 1. The van der Waals surface area contributed by atoms with Gasteiger partial charge in [-0.25, -0.2) is 0 Å². The Hall–Kier alpha value is -1.06. The highest BCUT2D eigenvalue weighted by Crippen LogP contribution is 2.20. The van der Waals surface area contributed by atoms with Crippen LogP contribution in [-0.2, 0) is 14.3 Å². The van der Waals surface area contributed by atoms with E-state index in [1.165, 1.54) is 0 Å². The van der Waals surface area contributed by atoms with Crippen LogP contribution in [0.2, 0.25) is 0 Å². The van der Waals surface area contributed by atoms with Gasteiger partial charge in [-0.05, 0) is 6.42 Å². The number of unbranched alkanes of at least 4 members (excludes halogenated alkanes) is 2. The Bertz CT molecular complexity index is 224. The number of esters is 1. The third kappa shape index (κ3) is 6.10. The van der Waals surface area contributed by atoms with Gasteiger partial charge in [0.2, 0.25) is 5.91 Å². The van der Waals surface area contributed by atoms with Crippen molar-refractivity contribution < 1.29 is 14.3 Å². The molecule has 0 aliphatic heterocycles. The van der Waals surface area contributed by atoms with Gasteiger partial charge >= 0.3 is 5.97 Å². The lowest BCUT2D eigenvalue weighted by atomic mass is 9.89. The zero-order valence-corrected chi connectivity index (χ0v) is 9.76. The molecule has 0 aromatic rings. The molecule has 1 N–H and O–H groups in total. The highest BCUT2D eigenvalue weighted by Gasteiger charge is 2.29. The van der Waals surface area contributed by atoms with Crippen molar-refractivity contribution in [1.29, 1.82) is 0 Å². The van der Waals surface area contributed by atoms with Gasteiger partial charge in [0, 0.05) is 0 Å². The van der Waals surface area contributed by atoms with Crippen molar-refractivity contribution in [2.75, 3.05) is 6.61 Å². The van der Waals surface area contributed by atoms with Gasteiger partial charge in [0.05, 0.1) is 18.4 Å². The molecule has 0 spiro atoms. The summed E-state index contributed by atoms with van der Waals surface area (Å²) in [5, 5.41) is 0. The van der Waals surface area contributed by atoms with Crippen molar-refractivity contribution >= 4 is 11.9 Å². The summed E-state index contributed by atoms with van der Waals surface area (Å²) in [4.78, 5) is 22.1. The van der Waals surface area contributed by atoms with Gasteiger partial charge in [0.15, 0.2) is 0 Å². The van der Waals surface area contributed by atoms with Crippen LogP contribution >= 0.6 is 0 Å². The molecule has 0 bridgehead atoms. The van der Waals surface area contributed by atoms with Crippen LogP contribution in [0, 0.1) is 5.41 Å². The summed E-state index contributed by atoms with van der Waals surface area (Å²) in [5.74, 6) is -1.12. The van der Waals surface area contributed by atoms with E-state index in [1.807, 2.05) is 0 Å². The standard InChI is InChI=1S/C11H20NO3/c1-4-5-6-7-15-9(13)8-11(2,3)10(12)14/h12H,4-8H2,1-3H3. The van der Waals surface area contributed by atoms with Gasteiger partial charge in [0.1, 0.15) is 0 Å². The molecule has 0 aliphatic carbocycles. The molecule has 0 fully saturated rings. The predicted octanol–water partition coefficient (Wildman–Crippen LogP) is 1.95. The van der Waals surface area contributed by atoms with Gasteiger partial charge in [-0.2, -0.15) is 0 Å². The van der Waals surface area contributed by atoms with Crippen LogP contribution in [0.5, 0.6) is 0 Å². The van der Waals surface area contributed by atoms with Crippen molar-refractivity contribution in [3.63, 3.8) is 0 Å². The summed E-state index contributed by atoms with van der Waals surface area (Å²) < 4.78 is 4.96. The molecular weight excluding hydrogens is 194 g/mol. The Morgan fingerprint density at radius 3 is 2.33 bits per heavy atom. The minimum absolute atomic E-state index is 0.0124. The number of hydrogen-bond donors (Lipinski definition) is 0. The maximum Gasteiger partial charge on any atom is 0.306 e. The Kier molecular flexibility index (Phi) is 5.97. The van der Waals surface area contributed by atoms with E-state index < -0.39 is 17.3 Å². The number of nitrogens with one attached hydrogen (secondary N) is 1. The molecule has 1 amide bonds. The van der Waals surface area contributed by atoms with Crippen LogP contribution in [0.4, 0.5) is 0 Å². The SMILES string of the molecule is CCCCCOC(=O)CC(C)(C)C([NH])=O. The van der Waals surface area contributed by atoms with Crippen LogP contribution < -0.4 is 5.73 Å². The second kappa shape index (κ2) is 6.43. The number of amides is 1. The van der Waals surface area contributed by atoms with Crippen molar-refractivity contribution in [2.24, 2.45) is 5.41 Å². The highest BCUT2D eigenvalue weighted by atomic mass is 16.5. The zero-order chi connectivity index (χ0) is 11.9. The second-order valence-electron chi connectivity index (χ2n) is 4.32. The molecule has 4 nitrogen and oxygen atoms in total. The van der Waals surface area contributed by atoms with Gasteiger partial charge in [-0.3, -0.25) is 15.3 Å². The maximum atomic E-state index is 11.3. The van der Waals surface area contributed by atoms with E-state index in [9.17, 15) is 9.59 Å². The first-order valence-corrected chi connectivity index (χ1v) is 5.32. The van der Waals surface area contributed by atoms with Crippen LogP contribution in [-0.4, -0.2) is 18.5 Å². The van der Waals surface area contributed by atoms with Crippen LogP contribution in [0.15, 0.2) is 0 Å². The molecule has 0 rings (SSSR count). The summed E-state index contributed by atoms with van der Waals surface area (Å²) in [6, 6.07) is 0. The Morgan fingerprint density at radius 2 is 1.87 bits per heavy atom. The van der Waals surface area contributed by atoms with Crippen LogP contribution in [0.25, 0.3) is 0 Å². The topological polar surface area (TPSA) is 67.2 Å². The van der Waals surface area contributed by atoms with E-state index in [0.717, 1.165) is 19.3 Å². The first-order chi connectivity index (χ1) is 6.90. The quantitative estimate of drug-likeness (QED) is 0.480. The van der Waals surface area contributed by atoms with E-state index >= 15 is 0 Å².